The summed E-state index contributed by atoms with van der Waals surface area (Å²) in [5.74, 6) is 0.306. The Bertz CT molecular complexity index is 1970. The number of unbranched alkanes of at least 4 members (excludes halogenated alkanes) is 49. The summed E-state index contributed by atoms with van der Waals surface area (Å²) >= 11 is 0. The molecule has 5 atom stereocenters. The van der Waals surface area contributed by atoms with E-state index in [1.807, 2.05) is 0 Å². The van der Waals surface area contributed by atoms with E-state index in [-0.39, 0.29) is 25.7 Å². The molecule has 0 aliphatic heterocycles. The molecule has 0 aliphatic rings. The van der Waals surface area contributed by atoms with Gasteiger partial charge < -0.3 is 33.8 Å². The summed E-state index contributed by atoms with van der Waals surface area (Å²) in [4.78, 5) is 73.0. The highest BCUT2D eigenvalue weighted by Gasteiger charge is 2.30. The van der Waals surface area contributed by atoms with Gasteiger partial charge in [0, 0.05) is 25.7 Å². The van der Waals surface area contributed by atoms with Crippen molar-refractivity contribution in [3.05, 3.63) is 0 Å². The molecule has 0 radical (unpaired) electrons. The predicted octanol–water partition coefficient (Wildman–Crippen LogP) is 24.9. The smallest absolute Gasteiger partial charge is 0.462 e. The number of hydrogen-bond donors (Lipinski definition) is 3. The summed E-state index contributed by atoms with van der Waals surface area (Å²) in [6, 6.07) is 0. The number of carbonyl (C=O) groups excluding carboxylic acids is 4. The summed E-state index contributed by atoms with van der Waals surface area (Å²) in [6.45, 7) is 12.0. The minimum Gasteiger partial charge on any atom is -0.462 e. The molecule has 0 heterocycles. The molecule has 0 saturated carbocycles. The van der Waals surface area contributed by atoms with E-state index < -0.39 is 97.5 Å². The first-order valence-corrected chi connectivity index (χ1v) is 45.8. The first kappa shape index (κ1) is 100. The van der Waals surface area contributed by atoms with Gasteiger partial charge in [-0.1, -0.05) is 382 Å². The van der Waals surface area contributed by atoms with E-state index in [1.165, 1.54) is 231 Å². The largest absolute Gasteiger partial charge is 0.472 e. The fraction of sp³-hybridized carbons (Fsp3) is 0.952. The maximum Gasteiger partial charge on any atom is 0.472 e. The second kappa shape index (κ2) is 73.2. The quantitative estimate of drug-likeness (QED) is 0.0222. The molecule has 0 spiro atoms. The summed E-state index contributed by atoms with van der Waals surface area (Å²) in [5.41, 5.74) is 0. The first-order chi connectivity index (χ1) is 49.2. The van der Waals surface area contributed by atoms with Gasteiger partial charge in [0.2, 0.25) is 0 Å². The van der Waals surface area contributed by atoms with Gasteiger partial charge in [-0.15, -0.1) is 0 Å². The number of hydrogen-bond acceptors (Lipinski definition) is 15. The van der Waals surface area contributed by atoms with Crippen molar-refractivity contribution < 1.29 is 80.2 Å². The number of phosphoric acid groups is 2. The van der Waals surface area contributed by atoms with Crippen molar-refractivity contribution in [3.63, 3.8) is 0 Å². The third-order valence-corrected chi connectivity index (χ3v) is 21.3. The van der Waals surface area contributed by atoms with Crippen molar-refractivity contribution >= 4 is 39.5 Å². The average molecular weight is 1490 g/mol. The molecule has 0 amide bonds. The number of phosphoric ester groups is 2. The van der Waals surface area contributed by atoms with Crippen LogP contribution in [0, 0.1) is 17.8 Å². The maximum atomic E-state index is 13.1. The van der Waals surface area contributed by atoms with Gasteiger partial charge in [-0.2, -0.15) is 0 Å². The van der Waals surface area contributed by atoms with Crippen LogP contribution in [0.5, 0.6) is 0 Å². The minimum absolute atomic E-state index is 0.107. The molecule has 606 valence electrons. The van der Waals surface area contributed by atoms with Gasteiger partial charge in [0.1, 0.15) is 19.3 Å². The van der Waals surface area contributed by atoms with Gasteiger partial charge >= 0.3 is 39.5 Å². The van der Waals surface area contributed by atoms with Crippen LogP contribution in [0.3, 0.4) is 0 Å². The third-order valence-electron chi connectivity index (χ3n) is 19.4. The maximum absolute atomic E-state index is 13.1. The highest BCUT2D eigenvalue weighted by molar-refractivity contribution is 7.47. The van der Waals surface area contributed by atoms with Crippen LogP contribution in [0.25, 0.3) is 0 Å². The Morgan fingerprint density at radius 3 is 0.667 bits per heavy atom. The molecule has 0 aromatic carbocycles. The Balaban J connectivity index is 5.17. The lowest BCUT2D eigenvalue weighted by molar-refractivity contribution is -0.161. The van der Waals surface area contributed by atoms with E-state index >= 15 is 0 Å². The van der Waals surface area contributed by atoms with Crippen molar-refractivity contribution in [2.45, 2.75) is 452 Å². The van der Waals surface area contributed by atoms with Crippen LogP contribution >= 0.6 is 15.6 Å². The molecule has 0 aliphatic carbocycles. The van der Waals surface area contributed by atoms with Gasteiger partial charge in [-0.25, -0.2) is 9.13 Å². The first-order valence-electron chi connectivity index (χ1n) is 42.8. The Kier molecular flexibility index (Phi) is 71.8. The van der Waals surface area contributed by atoms with Gasteiger partial charge in [0.25, 0.3) is 0 Å². The highest BCUT2D eigenvalue weighted by atomic mass is 31.2. The molecule has 0 aromatic heterocycles. The number of rotatable bonds is 81. The number of aliphatic hydroxyl groups is 1. The lowest BCUT2D eigenvalue weighted by Crippen LogP contribution is -2.30. The number of esters is 4. The van der Waals surface area contributed by atoms with E-state index in [1.54, 1.807) is 0 Å². The average Bonchev–Trinajstić information content (AvgIpc) is 0.904. The van der Waals surface area contributed by atoms with Crippen molar-refractivity contribution in [3.8, 4) is 0 Å². The standard InChI is InChI=1S/C83H162O17P2/c1-8-9-10-11-40-50-57-64-80(85)93-70-78(99-82(87)66-60-53-46-39-33-27-21-15-18-24-30-36-43-49-56-63-76(6)7)72-97-101(89,90)95-68-77(84)69-96-102(91,92)98-73-79(71-94-81(86)65-58-51-44-37-31-25-20-14-17-23-29-35-42-48-55-62-75(4)5)100-83(88)67-59-52-45-38-32-26-19-13-12-16-22-28-34-41-47-54-61-74(2)3/h74-79,84H,8-73H2,1-7H3,(H,89,90)(H,91,92)/t77-,78+,79+/m0/s1. The number of aliphatic hydroxyl groups excluding tert-OH is 1. The molecular weight excluding hydrogens is 1330 g/mol. The van der Waals surface area contributed by atoms with Crippen LogP contribution in [-0.2, 0) is 65.4 Å². The fourth-order valence-electron chi connectivity index (χ4n) is 12.8. The topological polar surface area (TPSA) is 237 Å². The van der Waals surface area contributed by atoms with Gasteiger partial charge in [0.05, 0.1) is 26.4 Å². The zero-order chi connectivity index (χ0) is 75.1. The summed E-state index contributed by atoms with van der Waals surface area (Å²) in [5, 5.41) is 10.6. The molecule has 102 heavy (non-hydrogen) atoms. The lowest BCUT2D eigenvalue weighted by Gasteiger charge is -2.21. The second-order valence-electron chi connectivity index (χ2n) is 31.3. The van der Waals surface area contributed by atoms with Crippen molar-refractivity contribution in [2.24, 2.45) is 17.8 Å². The van der Waals surface area contributed by atoms with Crippen LogP contribution in [-0.4, -0.2) is 96.7 Å². The Morgan fingerprint density at radius 2 is 0.451 bits per heavy atom. The predicted molar refractivity (Wildman–Crippen MR) is 418 cm³/mol. The van der Waals surface area contributed by atoms with E-state index in [0.29, 0.717) is 25.7 Å². The van der Waals surface area contributed by atoms with Crippen LogP contribution in [0.15, 0.2) is 0 Å². The van der Waals surface area contributed by atoms with Crippen LogP contribution in [0.1, 0.15) is 434 Å². The van der Waals surface area contributed by atoms with Crippen molar-refractivity contribution in [1.29, 1.82) is 0 Å². The zero-order valence-corrected chi connectivity index (χ0v) is 68.9. The number of ether oxygens (including phenoxy) is 4. The van der Waals surface area contributed by atoms with Crippen LogP contribution in [0.4, 0.5) is 0 Å². The molecule has 0 saturated heterocycles. The molecule has 2 unspecified atom stereocenters. The van der Waals surface area contributed by atoms with Crippen LogP contribution in [0.2, 0.25) is 0 Å². The van der Waals surface area contributed by atoms with Gasteiger partial charge in [-0.05, 0) is 43.4 Å². The monoisotopic (exact) mass is 1490 g/mol. The van der Waals surface area contributed by atoms with Crippen molar-refractivity contribution in [2.75, 3.05) is 39.6 Å². The second-order valence-corrected chi connectivity index (χ2v) is 34.2. The van der Waals surface area contributed by atoms with E-state index in [0.717, 1.165) is 120 Å². The third kappa shape index (κ3) is 76.3. The Hall–Kier alpha value is -1.94. The molecule has 0 aromatic rings. The fourth-order valence-corrected chi connectivity index (χ4v) is 14.4. The van der Waals surface area contributed by atoms with Gasteiger partial charge in [-0.3, -0.25) is 37.3 Å². The Labute approximate surface area is 626 Å². The Morgan fingerprint density at radius 1 is 0.265 bits per heavy atom. The molecule has 0 rings (SSSR count). The van der Waals surface area contributed by atoms with Crippen LogP contribution < -0.4 is 0 Å². The van der Waals surface area contributed by atoms with E-state index in [9.17, 15) is 43.2 Å². The molecule has 3 N–H and O–H groups in total. The minimum atomic E-state index is -4.96. The van der Waals surface area contributed by atoms with E-state index in [4.69, 9.17) is 37.0 Å². The zero-order valence-electron chi connectivity index (χ0n) is 67.1. The highest BCUT2D eigenvalue weighted by Crippen LogP contribution is 2.45. The molecule has 0 bridgehead atoms. The van der Waals surface area contributed by atoms with Gasteiger partial charge in [0.15, 0.2) is 12.2 Å². The normalized spacial score (nSPS) is 13.9. The summed E-state index contributed by atoms with van der Waals surface area (Å²) in [7, 11) is -9.92. The molecule has 0 fully saturated rings. The summed E-state index contributed by atoms with van der Waals surface area (Å²) in [6.07, 6.45) is 62.6. The number of carbonyl (C=O) groups is 4. The molecular formula is C83H162O17P2. The van der Waals surface area contributed by atoms with E-state index in [2.05, 4.69) is 48.5 Å². The SMILES string of the molecule is CCCCCCCCCC(=O)OC[C@H](COP(=O)(O)OC[C@H](O)COP(=O)(O)OC[C@@H](COC(=O)CCCCCCCCCCCCCCCCCC(C)C)OC(=O)CCCCCCCCCCCCCCCCCCC(C)C)OC(=O)CCCCCCCCCCCCCCCCCC(C)C. The summed E-state index contributed by atoms with van der Waals surface area (Å²) < 4.78 is 68.7. The molecule has 19 heteroatoms. The van der Waals surface area contributed by atoms with Crippen molar-refractivity contribution in [1.82, 2.24) is 0 Å². The lowest BCUT2D eigenvalue weighted by atomic mass is 10.0. The molecule has 17 nitrogen and oxygen atoms in total.